The first-order valence-corrected chi connectivity index (χ1v) is 7.81. The molecule has 0 aliphatic rings. The molecule has 26 heavy (non-hydrogen) atoms. The molecule has 0 aliphatic carbocycles. The Hall–Kier alpha value is -3.81. The van der Waals surface area contributed by atoms with Gasteiger partial charge in [-0.25, -0.2) is 14.8 Å². The molecule has 0 unspecified atom stereocenters. The van der Waals surface area contributed by atoms with Gasteiger partial charge in [-0.15, -0.1) is 0 Å². The fraction of sp³-hybridized carbons (Fsp3) is 0.0556. The van der Waals surface area contributed by atoms with Crippen LogP contribution in [0.1, 0.15) is 10.4 Å². The van der Waals surface area contributed by atoms with Crippen LogP contribution >= 0.6 is 0 Å². The summed E-state index contributed by atoms with van der Waals surface area (Å²) in [4.78, 5) is 20.2. The van der Waals surface area contributed by atoms with Crippen LogP contribution in [0.4, 0.5) is 28.7 Å². The third kappa shape index (κ3) is 3.81. The van der Waals surface area contributed by atoms with E-state index < -0.39 is 5.97 Å². The number of nitrogen functional groups attached to an aromatic ring is 1. The van der Waals surface area contributed by atoms with Gasteiger partial charge in [0.05, 0.1) is 24.0 Å². The number of nitrogens with one attached hydrogen (secondary N) is 3. The van der Waals surface area contributed by atoms with Crippen LogP contribution in [0, 0.1) is 0 Å². The van der Waals surface area contributed by atoms with Crippen molar-refractivity contribution in [2.24, 2.45) is 0 Å². The number of hydrazine groups is 1. The summed E-state index contributed by atoms with van der Waals surface area (Å²) < 4.78 is 4.79. The Morgan fingerprint density at radius 3 is 2.42 bits per heavy atom. The van der Waals surface area contributed by atoms with E-state index in [1.54, 1.807) is 24.3 Å². The standard InChI is InChI=1S/C18H18N6O2/c1-26-18(25)13-9-5-6-10-14(13)22-16-15(19)17(21-11-20-16)24-23-12-7-3-2-4-8-12/h2-11,23H,19H2,1H3,(H2,20,21,22,24). The second kappa shape index (κ2) is 7.84. The summed E-state index contributed by atoms with van der Waals surface area (Å²) in [5.74, 6) is 0.320. The lowest BCUT2D eigenvalue weighted by molar-refractivity contribution is 0.0602. The van der Waals surface area contributed by atoms with E-state index in [0.29, 0.717) is 28.6 Å². The van der Waals surface area contributed by atoms with E-state index in [4.69, 9.17) is 10.5 Å². The zero-order chi connectivity index (χ0) is 18.4. The van der Waals surface area contributed by atoms with Crippen LogP contribution in [0.25, 0.3) is 0 Å². The number of hydrogen-bond acceptors (Lipinski definition) is 8. The zero-order valence-corrected chi connectivity index (χ0v) is 14.1. The first kappa shape index (κ1) is 17.0. The highest BCUT2D eigenvalue weighted by Gasteiger charge is 2.14. The largest absolute Gasteiger partial charge is 0.465 e. The lowest BCUT2D eigenvalue weighted by Crippen LogP contribution is -2.14. The van der Waals surface area contributed by atoms with Crippen molar-refractivity contribution in [1.82, 2.24) is 9.97 Å². The van der Waals surface area contributed by atoms with Gasteiger partial charge in [-0.3, -0.25) is 10.9 Å². The number of rotatable bonds is 6. The molecule has 0 saturated heterocycles. The van der Waals surface area contributed by atoms with E-state index in [9.17, 15) is 4.79 Å². The van der Waals surface area contributed by atoms with Gasteiger partial charge in [0.1, 0.15) is 12.0 Å². The third-order valence-electron chi connectivity index (χ3n) is 3.57. The maximum atomic E-state index is 11.9. The van der Waals surface area contributed by atoms with Gasteiger partial charge in [-0.1, -0.05) is 30.3 Å². The van der Waals surface area contributed by atoms with Crippen molar-refractivity contribution >= 4 is 34.7 Å². The van der Waals surface area contributed by atoms with Crippen molar-refractivity contribution in [3.05, 3.63) is 66.5 Å². The summed E-state index contributed by atoms with van der Waals surface area (Å²) in [5.41, 5.74) is 14.2. The lowest BCUT2D eigenvalue weighted by Gasteiger charge is -2.15. The fourth-order valence-electron chi connectivity index (χ4n) is 2.26. The molecule has 8 nitrogen and oxygen atoms in total. The van der Waals surface area contributed by atoms with Gasteiger partial charge < -0.3 is 15.8 Å². The Bertz CT molecular complexity index is 901. The number of methoxy groups -OCH3 is 1. The number of para-hydroxylation sites is 2. The highest BCUT2D eigenvalue weighted by molar-refractivity contribution is 5.97. The Morgan fingerprint density at radius 2 is 1.65 bits per heavy atom. The lowest BCUT2D eigenvalue weighted by atomic mass is 10.2. The molecule has 8 heteroatoms. The molecule has 0 bridgehead atoms. The molecular formula is C18H18N6O2. The first-order valence-electron chi connectivity index (χ1n) is 7.81. The van der Waals surface area contributed by atoms with Gasteiger partial charge >= 0.3 is 5.97 Å². The molecule has 3 aromatic rings. The fourth-order valence-corrected chi connectivity index (χ4v) is 2.26. The van der Waals surface area contributed by atoms with Crippen LogP contribution in [0.5, 0.6) is 0 Å². The number of carbonyl (C=O) groups excluding carboxylic acids is 1. The Labute approximate surface area is 150 Å². The Kier molecular flexibility index (Phi) is 5.14. The zero-order valence-electron chi connectivity index (χ0n) is 14.1. The number of nitrogens with two attached hydrogens (primary N) is 1. The normalized spacial score (nSPS) is 10.0. The van der Waals surface area contributed by atoms with E-state index in [1.807, 2.05) is 30.3 Å². The molecule has 5 N–H and O–H groups in total. The van der Waals surface area contributed by atoms with Crippen LogP contribution in [-0.2, 0) is 4.74 Å². The second-order valence-electron chi connectivity index (χ2n) is 5.26. The minimum atomic E-state index is -0.454. The van der Waals surface area contributed by atoms with Crippen LogP contribution in [-0.4, -0.2) is 23.0 Å². The van der Waals surface area contributed by atoms with Gasteiger partial charge in [-0.2, -0.15) is 0 Å². The van der Waals surface area contributed by atoms with Crippen LogP contribution in [0.3, 0.4) is 0 Å². The van der Waals surface area contributed by atoms with Crippen molar-refractivity contribution < 1.29 is 9.53 Å². The van der Waals surface area contributed by atoms with E-state index >= 15 is 0 Å². The van der Waals surface area contributed by atoms with Crippen molar-refractivity contribution in [2.45, 2.75) is 0 Å². The summed E-state index contributed by atoms with van der Waals surface area (Å²) in [5, 5.41) is 3.05. The number of aromatic nitrogens is 2. The number of carbonyl (C=O) groups is 1. The average Bonchev–Trinajstić information content (AvgIpc) is 2.69. The van der Waals surface area contributed by atoms with Gasteiger partial charge in [0, 0.05) is 0 Å². The second-order valence-corrected chi connectivity index (χ2v) is 5.26. The number of nitrogens with zero attached hydrogens (tertiary/aromatic N) is 2. The summed E-state index contributed by atoms with van der Waals surface area (Å²) in [7, 11) is 1.33. The SMILES string of the molecule is COC(=O)c1ccccc1Nc1ncnc(NNc2ccccc2)c1N. The van der Waals surface area contributed by atoms with E-state index in [0.717, 1.165) is 5.69 Å². The highest BCUT2D eigenvalue weighted by atomic mass is 16.5. The van der Waals surface area contributed by atoms with Crippen LogP contribution in [0.2, 0.25) is 0 Å². The number of anilines is 5. The molecule has 0 aliphatic heterocycles. The number of hydrogen-bond donors (Lipinski definition) is 4. The topological polar surface area (TPSA) is 114 Å². The molecule has 0 radical (unpaired) electrons. The van der Waals surface area contributed by atoms with E-state index in [2.05, 4.69) is 26.1 Å². The number of esters is 1. The van der Waals surface area contributed by atoms with Gasteiger partial charge in [-0.05, 0) is 24.3 Å². The highest BCUT2D eigenvalue weighted by Crippen LogP contribution is 2.27. The number of ether oxygens (including phenoxy) is 1. The smallest absolute Gasteiger partial charge is 0.339 e. The van der Waals surface area contributed by atoms with Crippen molar-refractivity contribution in [2.75, 3.05) is 29.0 Å². The quantitative estimate of drug-likeness (QED) is 0.396. The van der Waals surface area contributed by atoms with Gasteiger partial charge in [0.2, 0.25) is 0 Å². The first-order chi connectivity index (χ1) is 12.7. The Morgan fingerprint density at radius 1 is 0.962 bits per heavy atom. The maximum Gasteiger partial charge on any atom is 0.339 e. The molecule has 3 rings (SSSR count). The maximum absolute atomic E-state index is 11.9. The molecule has 0 fully saturated rings. The Balaban J connectivity index is 1.81. The molecule has 1 heterocycles. The van der Waals surface area contributed by atoms with Crippen LogP contribution < -0.4 is 21.9 Å². The van der Waals surface area contributed by atoms with E-state index in [-0.39, 0.29) is 0 Å². The van der Waals surface area contributed by atoms with Crippen molar-refractivity contribution in [3.8, 4) is 0 Å². The van der Waals surface area contributed by atoms with Crippen molar-refractivity contribution in [1.29, 1.82) is 0 Å². The molecule has 2 aromatic carbocycles. The predicted molar refractivity (Wildman–Crippen MR) is 101 cm³/mol. The molecule has 0 saturated carbocycles. The number of benzene rings is 2. The summed E-state index contributed by atoms with van der Waals surface area (Å²) in [6, 6.07) is 16.5. The average molecular weight is 350 g/mol. The summed E-state index contributed by atoms with van der Waals surface area (Å²) >= 11 is 0. The van der Waals surface area contributed by atoms with Gasteiger partial charge in [0.15, 0.2) is 11.6 Å². The van der Waals surface area contributed by atoms with Gasteiger partial charge in [0.25, 0.3) is 0 Å². The third-order valence-corrected chi connectivity index (χ3v) is 3.57. The molecular weight excluding hydrogens is 332 g/mol. The molecule has 0 amide bonds. The monoisotopic (exact) mass is 350 g/mol. The molecule has 0 spiro atoms. The predicted octanol–water partition coefficient (Wildman–Crippen LogP) is 3.03. The molecule has 132 valence electrons. The molecule has 1 aromatic heterocycles. The minimum absolute atomic E-state index is 0.301. The summed E-state index contributed by atoms with van der Waals surface area (Å²) in [6.45, 7) is 0. The van der Waals surface area contributed by atoms with Crippen molar-refractivity contribution in [3.63, 3.8) is 0 Å². The van der Waals surface area contributed by atoms with E-state index in [1.165, 1.54) is 13.4 Å². The summed E-state index contributed by atoms with van der Waals surface area (Å²) in [6.07, 6.45) is 1.37. The minimum Gasteiger partial charge on any atom is -0.465 e. The molecule has 0 atom stereocenters. The van der Waals surface area contributed by atoms with Crippen LogP contribution in [0.15, 0.2) is 60.9 Å².